The van der Waals surface area contributed by atoms with Crippen LogP contribution in [-0.2, 0) is 16.1 Å². The van der Waals surface area contributed by atoms with Gasteiger partial charge in [-0.15, -0.1) is 0 Å². The van der Waals surface area contributed by atoms with E-state index in [1.54, 1.807) is 6.92 Å². The molecule has 1 aromatic rings. The van der Waals surface area contributed by atoms with E-state index in [2.05, 4.69) is 35.6 Å². The number of carbonyl (C=O) groups is 2. The van der Waals surface area contributed by atoms with Crippen molar-refractivity contribution in [3.63, 3.8) is 0 Å². The second-order valence-corrected chi connectivity index (χ2v) is 8.15. The number of likely N-dealkylation sites (tertiary alicyclic amines) is 1. The lowest BCUT2D eigenvalue weighted by molar-refractivity contribution is -0.130. The Labute approximate surface area is 154 Å². The third kappa shape index (κ3) is 5.49. The van der Waals surface area contributed by atoms with E-state index in [1.165, 1.54) is 17.5 Å². The molecule has 2 amide bonds. The molecule has 0 radical (unpaired) electrons. The number of amides is 2. The number of thioether (sulfide) groups is 1. The molecule has 2 heterocycles. The van der Waals surface area contributed by atoms with Crippen molar-refractivity contribution in [1.82, 2.24) is 19.8 Å². The smallest absolute Gasteiger partial charge is 0.230 e. The van der Waals surface area contributed by atoms with E-state index in [1.807, 2.05) is 11.8 Å². The number of piperidine rings is 1. The van der Waals surface area contributed by atoms with Crippen LogP contribution in [0.1, 0.15) is 45.0 Å². The summed E-state index contributed by atoms with van der Waals surface area (Å²) in [6.07, 6.45) is 1.66. The molecule has 0 spiro atoms. The second kappa shape index (κ2) is 8.74. The van der Waals surface area contributed by atoms with Crippen LogP contribution in [0.25, 0.3) is 0 Å². The van der Waals surface area contributed by atoms with Gasteiger partial charge in [0.1, 0.15) is 0 Å². The number of carbonyl (C=O) groups excluding carboxylic acids is 2. The van der Waals surface area contributed by atoms with E-state index >= 15 is 0 Å². The first-order valence-corrected chi connectivity index (χ1v) is 9.98. The highest BCUT2D eigenvalue weighted by atomic mass is 32.2. The molecule has 0 saturated carbocycles. The van der Waals surface area contributed by atoms with Gasteiger partial charge in [-0.1, -0.05) is 25.6 Å². The third-order valence-corrected chi connectivity index (χ3v) is 5.58. The van der Waals surface area contributed by atoms with Gasteiger partial charge in [-0.3, -0.25) is 9.59 Å². The molecule has 0 aliphatic carbocycles. The van der Waals surface area contributed by atoms with Crippen molar-refractivity contribution in [1.29, 1.82) is 0 Å². The maximum atomic E-state index is 12.3. The largest absolute Gasteiger partial charge is 0.353 e. The lowest BCUT2D eigenvalue weighted by Crippen LogP contribution is -2.46. The molecule has 7 heteroatoms. The molecule has 0 aromatic carbocycles. The molecule has 1 saturated heterocycles. The minimum atomic E-state index is 0.0423. The predicted octanol–water partition coefficient (Wildman–Crippen LogP) is 2.38. The van der Waals surface area contributed by atoms with Crippen LogP contribution < -0.4 is 5.32 Å². The summed E-state index contributed by atoms with van der Waals surface area (Å²) in [7, 11) is 0. The van der Waals surface area contributed by atoms with E-state index in [9.17, 15) is 9.59 Å². The monoisotopic (exact) mass is 366 g/mol. The van der Waals surface area contributed by atoms with Gasteiger partial charge >= 0.3 is 0 Å². The van der Waals surface area contributed by atoms with E-state index in [0.717, 1.165) is 43.3 Å². The van der Waals surface area contributed by atoms with Crippen LogP contribution in [0.5, 0.6) is 0 Å². The summed E-state index contributed by atoms with van der Waals surface area (Å²) >= 11 is 1.50. The molecule has 0 atom stereocenters. The number of nitrogens with one attached hydrogen (secondary N) is 1. The molecule has 1 aliphatic rings. The fraction of sp³-hybridized carbons (Fsp3) is 0.722. The molecule has 6 nitrogen and oxygen atoms in total. The molecule has 1 N–H and O–H groups in total. The summed E-state index contributed by atoms with van der Waals surface area (Å²) in [6, 6.07) is 0.169. The first kappa shape index (κ1) is 19.8. The quantitative estimate of drug-likeness (QED) is 0.785. The summed E-state index contributed by atoms with van der Waals surface area (Å²) in [5, 5.41) is 4.02. The zero-order valence-corrected chi connectivity index (χ0v) is 16.8. The summed E-state index contributed by atoms with van der Waals surface area (Å²) in [5.41, 5.74) is 2.20. The van der Waals surface area contributed by atoms with Gasteiger partial charge < -0.3 is 14.8 Å². The summed E-state index contributed by atoms with van der Waals surface area (Å²) < 4.78 is 2.21. The number of hydrogen-bond acceptors (Lipinski definition) is 4. The van der Waals surface area contributed by atoms with Gasteiger partial charge in [-0.05, 0) is 32.6 Å². The Morgan fingerprint density at radius 2 is 1.92 bits per heavy atom. The number of aryl methyl sites for hydroxylation is 1. The fourth-order valence-corrected chi connectivity index (χ4v) is 3.96. The molecular weight excluding hydrogens is 336 g/mol. The van der Waals surface area contributed by atoms with Crippen molar-refractivity contribution in [3.8, 4) is 0 Å². The molecule has 2 rings (SSSR count). The Kier molecular flexibility index (Phi) is 6.93. The first-order chi connectivity index (χ1) is 11.8. The van der Waals surface area contributed by atoms with Crippen LogP contribution >= 0.6 is 11.8 Å². The van der Waals surface area contributed by atoms with Gasteiger partial charge in [0, 0.05) is 38.3 Å². The molecule has 1 aliphatic heterocycles. The Morgan fingerprint density at radius 3 is 2.48 bits per heavy atom. The van der Waals surface area contributed by atoms with Gasteiger partial charge in [0.25, 0.3) is 0 Å². The average molecular weight is 367 g/mol. The summed E-state index contributed by atoms with van der Waals surface area (Å²) in [6.45, 7) is 12.4. The van der Waals surface area contributed by atoms with Crippen LogP contribution in [0.2, 0.25) is 0 Å². The van der Waals surface area contributed by atoms with Crippen molar-refractivity contribution in [2.75, 3.05) is 18.8 Å². The zero-order chi connectivity index (χ0) is 18.6. The minimum Gasteiger partial charge on any atom is -0.353 e. The van der Waals surface area contributed by atoms with Crippen molar-refractivity contribution in [2.24, 2.45) is 5.92 Å². The molecule has 140 valence electrons. The topological polar surface area (TPSA) is 67.2 Å². The molecule has 0 bridgehead atoms. The SMILES string of the molecule is CC(=O)N1CCC(NC(=O)CSc2nc(C)c(C)n2CC(C)C)CC1. The van der Waals surface area contributed by atoms with E-state index < -0.39 is 0 Å². The van der Waals surface area contributed by atoms with Crippen LogP contribution in [-0.4, -0.2) is 51.1 Å². The Morgan fingerprint density at radius 1 is 1.28 bits per heavy atom. The van der Waals surface area contributed by atoms with Gasteiger partial charge in [0.05, 0.1) is 11.4 Å². The van der Waals surface area contributed by atoms with Gasteiger partial charge in [0.2, 0.25) is 11.8 Å². The first-order valence-electron chi connectivity index (χ1n) is 8.99. The second-order valence-electron chi connectivity index (χ2n) is 7.21. The van der Waals surface area contributed by atoms with Crippen LogP contribution in [0.4, 0.5) is 0 Å². The lowest BCUT2D eigenvalue weighted by Gasteiger charge is -2.31. The fourth-order valence-electron chi connectivity index (χ4n) is 3.05. The van der Waals surface area contributed by atoms with Crippen molar-refractivity contribution in [3.05, 3.63) is 11.4 Å². The number of rotatable bonds is 6. The zero-order valence-electron chi connectivity index (χ0n) is 16.0. The minimum absolute atomic E-state index is 0.0423. The lowest BCUT2D eigenvalue weighted by atomic mass is 10.1. The highest BCUT2D eigenvalue weighted by molar-refractivity contribution is 7.99. The average Bonchev–Trinajstić information content (AvgIpc) is 2.81. The highest BCUT2D eigenvalue weighted by Crippen LogP contribution is 2.22. The standard InChI is InChI=1S/C18H30N4O2S/c1-12(2)10-22-14(4)13(3)19-18(22)25-11-17(24)20-16-6-8-21(9-7-16)15(5)23/h12,16H,6-11H2,1-5H3,(H,20,24). The number of imidazole rings is 1. The highest BCUT2D eigenvalue weighted by Gasteiger charge is 2.22. The normalized spacial score (nSPS) is 15.7. The summed E-state index contributed by atoms with van der Waals surface area (Å²) in [5.74, 6) is 1.07. The molecule has 25 heavy (non-hydrogen) atoms. The van der Waals surface area contributed by atoms with Crippen LogP contribution in [0.3, 0.4) is 0 Å². The van der Waals surface area contributed by atoms with E-state index in [-0.39, 0.29) is 17.9 Å². The molecule has 1 aromatic heterocycles. The Bertz CT molecular complexity index is 619. The summed E-state index contributed by atoms with van der Waals surface area (Å²) in [4.78, 5) is 30.1. The molecule has 0 unspecified atom stereocenters. The van der Waals surface area contributed by atoms with Crippen molar-refractivity contribution < 1.29 is 9.59 Å². The van der Waals surface area contributed by atoms with E-state index in [0.29, 0.717) is 11.7 Å². The van der Waals surface area contributed by atoms with E-state index in [4.69, 9.17) is 0 Å². The molecule has 1 fully saturated rings. The molecular formula is C18H30N4O2S. The predicted molar refractivity (Wildman–Crippen MR) is 101 cm³/mol. The third-order valence-electron chi connectivity index (χ3n) is 4.61. The van der Waals surface area contributed by atoms with Gasteiger partial charge in [0.15, 0.2) is 5.16 Å². The maximum Gasteiger partial charge on any atom is 0.230 e. The Balaban J connectivity index is 1.84. The van der Waals surface area contributed by atoms with Crippen molar-refractivity contribution >= 4 is 23.6 Å². The number of nitrogens with zero attached hydrogens (tertiary/aromatic N) is 3. The van der Waals surface area contributed by atoms with Gasteiger partial charge in [-0.2, -0.15) is 0 Å². The Hall–Kier alpha value is -1.50. The number of aromatic nitrogens is 2. The van der Waals surface area contributed by atoms with Gasteiger partial charge in [-0.25, -0.2) is 4.98 Å². The maximum absolute atomic E-state index is 12.3. The van der Waals surface area contributed by atoms with Crippen LogP contribution in [0.15, 0.2) is 5.16 Å². The van der Waals surface area contributed by atoms with Crippen LogP contribution in [0, 0.1) is 19.8 Å². The number of hydrogen-bond donors (Lipinski definition) is 1. The van der Waals surface area contributed by atoms with Crippen molar-refractivity contribution in [2.45, 2.75) is 65.2 Å².